The van der Waals surface area contributed by atoms with E-state index in [1.165, 1.54) is 6.07 Å². The molecule has 0 fully saturated rings. The first-order valence-corrected chi connectivity index (χ1v) is 12.4. The van der Waals surface area contributed by atoms with Crippen LogP contribution >= 0.6 is 0 Å². The van der Waals surface area contributed by atoms with Gasteiger partial charge >= 0.3 is 6.18 Å². The predicted molar refractivity (Wildman–Crippen MR) is 135 cm³/mol. The van der Waals surface area contributed by atoms with Gasteiger partial charge in [-0.2, -0.15) is 13.2 Å². The molecule has 6 heteroatoms. The molecule has 0 N–H and O–H groups in total. The van der Waals surface area contributed by atoms with Gasteiger partial charge in [-0.15, -0.1) is 0 Å². The number of halogens is 3. The smallest absolute Gasteiger partial charge is 0.309 e. The van der Waals surface area contributed by atoms with Crippen molar-refractivity contribution < 1.29 is 18.0 Å². The van der Waals surface area contributed by atoms with E-state index in [-0.39, 0.29) is 17.7 Å². The van der Waals surface area contributed by atoms with Crippen molar-refractivity contribution in [1.29, 1.82) is 0 Å². The molecule has 1 heterocycles. The van der Waals surface area contributed by atoms with Crippen LogP contribution in [0.1, 0.15) is 76.1 Å². The molecule has 1 amide bonds. The topological polar surface area (TPSA) is 32.7 Å². The number of carbonyl (C=O) groups excluding carboxylic acids is 1. The molecule has 1 aliphatic heterocycles. The lowest BCUT2D eigenvalue weighted by atomic mass is 9.75. The third kappa shape index (κ3) is 6.53. The number of nitrogens with zero attached hydrogens (tertiary/aromatic N) is 2. The van der Waals surface area contributed by atoms with Crippen molar-refractivity contribution in [3.05, 3.63) is 70.8 Å². The van der Waals surface area contributed by atoms with E-state index in [1.807, 2.05) is 38.1 Å². The summed E-state index contributed by atoms with van der Waals surface area (Å²) in [5.74, 6) is 0.271. The number of aliphatic imine (C=N–C) groups is 1. The monoisotopic (exact) mass is 486 g/mol. The average Bonchev–Trinajstić information content (AvgIpc) is 2.99. The zero-order valence-corrected chi connectivity index (χ0v) is 21.7. The predicted octanol–water partition coefficient (Wildman–Crippen LogP) is 7.61. The first-order valence-electron chi connectivity index (χ1n) is 12.4. The molecule has 0 aromatic heterocycles. The van der Waals surface area contributed by atoms with E-state index in [9.17, 15) is 18.0 Å². The van der Waals surface area contributed by atoms with Gasteiger partial charge in [0.15, 0.2) is 0 Å². The fourth-order valence-corrected chi connectivity index (χ4v) is 4.95. The largest absolute Gasteiger partial charge is 0.416 e. The van der Waals surface area contributed by atoms with E-state index in [0.717, 1.165) is 36.1 Å². The normalized spacial score (nSPS) is 19.7. The zero-order valence-electron chi connectivity index (χ0n) is 21.7. The summed E-state index contributed by atoms with van der Waals surface area (Å²) in [6.07, 6.45) is -1.70. The summed E-state index contributed by atoms with van der Waals surface area (Å²) in [7, 11) is 0. The summed E-state index contributed by atoms with van der Waals surface area (Å²) in [4.78, 5) is 20.2. The van der Waals surface area contributed by atoms with Crippen molar-refractivity contribution >= 4 is 11.6 Å². The quantitative estimate of drug-likeness (QED) is 0.378. The Morgan fingerprint density at radius 1 is 1.03 bits per heavy atom. The molecular weight excluding hydrogens is 449 g/mol. The molecular formula is C29H37F3N2O. The van der Waals surface area contributed by atoms with Gasteiger partial charge in [-0.25, -0.2) is 0 Å². The van der Waals surface area contributed by atoms with Crippen molar-refractivity contribution in [2.45, 2.75) is 85.6 Å². The third-order valence-electron chi connectivity index (χ3n) is 7.22. The summed E-state index contributed by atoms with van der Waals surface area (Å²) in [6.45, 7) is 13.3. The van der Waals surface area contributed by atoms with Crippen molar-refractivity contribution in [2.24, 2.45) is 16.3 Å². The molecule has 190 valence electrons. The van der Waals surface area contributed by atoms with Crippen molar-refractivity contribution in [1.82, 2.24) is 4.90 Å². The maximum Gasteiger partial charge on any atom is 0.416 e. The molecule has 2 aromatic carbocycles. The number of alkyl halides is 3. The van der Waals surface area contributed by atoms with Crippen LogP contribution in [0.15, 0.2) is 53.5 Å². The van der Waals surface area contributed by atoms with Gasteiger partial charge in [-0.05, 0) is 55.2 Å². The Bertz CT molecular complexity index is 1070. The van der Waals surface area contributed by atoms with E-state index < -0.39 is 17.4 Å². The van der Waals surface area contributed by atoms with Crippen LogP contribution in [0.5, 0.6) is 0 Å². The van der Waals surface area contributed by atoms with E-state index in [2.05, 4.69) is 27.7 Å². The van der Waals surface area contributed by atoms with Crippen LogP contribution in [0.25, 0.3) is 0 Å². The molecule has 0 aliphatic carbocycles. The molecule has 3 nitrogen and oxygen atoms in total. The van der Waals surface area contributed by atoms with Crippen LogP contribution in [-0.2, 0) is 23.9 Å². The van der Waals surface area contributed by atoms with Crippen molar-refractivity contribution in [3.63, 3.8) is 0 Å². The highest BCUT2D eigenvalue weighted by Gasteiger charge is 2.43. The Balaban J connectivity index is 1.90. The number of rotatable bonds is 8. The molecule has 2 unspecified atom stereocenters. The lowest BCUT2D eigenvalue weighted by Gasteiger charge is -2.37. The summed E-state index contributed by atoms with van der Waals surface area (Å²) in [5.41, 5.74) is 1.60. The minimum atomic E-state index is -4.42. The van der Waals surface area contributed by atoms with Gasteiger partial charge in [0, 0.05) is 13.0 Å². The van der Waals surface area contributed by atoms with E-state index in [4.69, 9.17) is 4.99 Å². The SMILES string of the molecule is CCC(CCC1(C)N=C(Cc2cccc(C(F)(F)F)c2)C(=O)N1Cc1ccc(C)cc1)C(C)(C)C. The Morgan fingerprint density at radius 3 is 2.26 bits per heavy atom. The van der Waals surface area contributed by atoms with Crippen LogP contribution in [-0.4, -0.2) is 22.2 Å². The highest BCUT2D eigenvalue weighted by atomic mass is 19.4. The minimum absolute atomic E-state index is 0.0826. The van der Waals surface area contributed by atoms with Crippen LogP contribution in [0.3, 0.4) is 0 Å². The first kappa shape index (κ1) is 27.0. The lowest BCUT2D eigenvalue weighted by Crippen LogP contribution is -2.44. The Kier molecular flexibility index (Phi) is 7.83. The molecule has 0 bridgehead atoms. The standard InChI is InChI=1S/C29H37F3N2O/c1-7-23(27(3,4)5)15-16-28(6)33-25(18-22-9-8-10-24(17-22)29(30,31)32)26(35)34(28)19-21-13-11-20(2)12-14-21/h8-14,17,23H,7,15-16,18-19H2,1-6H3. The number of carbonyl (C=O) groups is 1. The van der Waals surface area contributed by atoms with E-state index >= 15 is 0 Å². The van der Waals surface area contributed by atoms with Crippen LogP contribution in [0, 0.1) is 18.3 Å². The molecule has 0 radical (unpaired) electrons. The number of hydrogen-bond acceptors (Lipinski definition) is 2. The van der Waals surface area contributed by atoms with Gasteiger partial charge in [0.1, 0.15) is 11.4 Å². The number of hydrogen-bond donors (Lipinski definition) is 0. The average molecular weight is 487 g/mol. The highest BCUT2D eigenvalue weighted by molar-refractivity contribution is 6.40. The zero-order chi connectivity index (χ0) is 26.0. The fourth-order valence-electron chi connectivity index (χ4n) is 4.95. The number of aryl methyl sites for hydroxylation is 1. The summed E-state index contributed by atoms with van der Waals surface area (Å²) in [6, 6.07) is 13.2. The van der Waals surface area contributed by atoms with Gasteiger partial charge in [0.05, 0.1) is 5.56 Å². The maximum absolute atomic E-state index is 13.6. The highest BCUT2D eigenvalue weighted by Crippen LogP contribution is 2.38. The second-order valence-electron chi connectivity index (χ2n) is 11.0. The van der Waals surface area contributed by atoms with Gasteiger partial charge < -0.3 is 4.90 Å². The van der Waals surface area contributed by atoms with Crippen LogP contribution < -0.4 is 0 Å². The number of amides is 1. The van der Waals surface area contributed by atoms with Gasteiger partial charge in [0.25, 0.3) is 5.91 Å². The second kappa shape index (κ2) is 10.2. The Morgan fingerprint density at radius 2 is 1.69 bits per heavy atom. The van der Waals surface area contributed by atoms with Crippen LogP contribution in [0.4, 0.5) is 13.2 Å². The van der Waals surface area contributed by atoms with E-state index in [0.29, 0.717) is 30.2 Å². The molecule has 0 saturated heterocycles. The van der Waals surface area contributed by atoms with Crippen molar-refractivity contribution in [2.75, 3.05) is 0 Å². The Labute approximate surface area is 207 Å². The molecule has 0 spiro atoms. The second-order valence-corrected chi connectivity index (χ2v) is 11.0. The Hall–Kier alpha value is -2.63. The summed E-state index contributed by atoms with van der Waals surface area (Å²) in [5, 5.41) is 0. The van der Waals surface area contributed by atoms with Gasteiger partial charge in [-0.3, -0.25) is 9.79 Å². The number of benzene rings is 2. The third-order valence-corrected chi connectivity index (χ3v) is 7.22. The van der Waals surface area contributed by atoms with E-state index in [1.54, 1.807) is 11.0 Å². The minimum Gasteiger partial charge on any atom is -0.309 e. The summed E-state index contributed by atoms with van der Waals surface area (Å²) < 4.78 is 39.6. The molecule has 2 aromatic rings. The molecule has 2 atom stereocenters. The molecule has 3 rings (SSSR count). The van der Waals surface area contributed by atoms with Crippen molar-refractivity contribution in [3.8, 4) is 0 Å². The maximum atomic E-state index is 13.6. The summed E-state index contributed by atoms with van der Waals surface area (Å²) >= 11 is 0. The van der Waals surface area contributed by atoms with Gasteiger partial charge in [0.2, 0.25) is 0 Å². The van der Waals surface area contributed by atoms with Crippen LogP contribution in [0.2, 0.25) is 0 Å². The fraction of sp³-hybridized carbons (Fsp3) is 0.517. The van der Waals surface area contributed by atoms with Gasteiger partial charge in [-0.1, -0.05) is 82.1 Å². The lowest BCUT2D eigenvalue weighted by molar-refractivity contribution is -0.137. The molecule has 1 aliphatic rings. The molecule has 0 saturated carbocycles. The molecule has 35 heavy (non-hydrogen) atoms. The first-order chi connectivity index (χ1) is 16.2.